The van der Waals surface area contributed by atoms with Crippen molar-refractivity contribution in [3.05, 3.63) is 30.1 Å². The zero-order valence-electron chi connectivity index (χ0n) is 9.35. The molecule has 0 saturated carbocycles. The van der Waals surface area contributed by atoms with Gasteiger partial charge in [-0.3, -0.25) is 9.78 Å². The average molecular weight is 220 g/mol. The zero-order chi connectivity index (χ0) is 11.4. The molecule has 0 spiro atoms. The van der Waals surface area contributed by atoms with Crippen LogP contribution in [0.15, 0.2) is 24.4 Å². The van der Waals surface area contributed by atoms with Crippen LogP contribution < -0.4 is 5.32 Å². The molecule has 1 fully saturated rings. The largest absolute Gasteiger partial charge is 0.368 e. The first-order valence-corrected chi connectivity index (χ1v) is 5.60. The second-order valence-corrected chi connectivity index (χ2v) is 3.99. The fourth-order valence-corrected chi connectivity index (χ4v) is 1.80. The van der Waals surface area contributed by atoms with Gasteiger partial charge in [0.1, 0.15) is 6.10 Å². The average Bonchev–Trinajstić information content (AvgIpc) is 2.83. The summed E-state index contributed by atoms with van der Waals surface area (Å²) in [7, 11) is 0. The lowest BCUT2D eigenvalue weighted by molar-refractivity contribution is -0.130. The number of nitrogens with zero attached hydrogens (tertiary/aromatic N) is 1. The third kappa shape index (κ3) is 2.58. The molecule has 2 atom stereocenters. The van der Waals surface area contributed by atoms with E-state index in [9.17, 15) is 4.79 Å². The predicted molar refractivity (Wildman–Crippen MR) is 59.8 cm³/mol. The van der Waals surface area contributed by atoms with Crippen LogP contribution in [0.1, 0.15) is 31.5 Å². The van der Waals surface area contributed by atoms with Crippen LogP contribution in [0.2, 0.25) is 0 Å². The van der Waals surface area contributed by atoms with Crippen molar-refractivity contribution in [3.63, 3.8) is 0 Å². The summed E-state index contributed by atoms with van der Waals surface area (Å²) < 4.78 is 5.32. The number of nitrogens with one attached hydrogen (secondary N) is 1. The van der Waals surface area contributed by atoms with Gasteiger partial charge >= 0.3 is 0 Å². The minimum atomic E-state index is -0.272. The molecule has 2 rings (SSSR count). The van der Waals surface area contributed by atoms with E-state index in [0.29, 0.717) is 6.61 Å². The molecule has 0 bridgehead atoms. The van der Waals surface area contributed by atoms with E-state index in [0.717, 1.165) is 18.5 Å². The van der Waals surface area contributed by atoms with Crippen molar-refractivity contribution in [2.24, 2.45) is 0 Å². The number of aromatic nitrogens is 1. The maximum atomic E-state index is 11.8. The highest BCUT2D eigenvalue weighted by Crippen LogP contribution is 2.14. The smallest absolute Gasteiger partial charge is 0.249 e. The van der Waals surface area contributed by atoms with Crippen molar-refractivity contribution >= 4 is 5.91 Å². The van der Waals surface area contributed by atoms with E-state index in [1.165, 1.54) is 0 Å². The van der Waals surface area contributed by atoms with Crippen LogP contribution in [0.5, 0.6) is 0 Å². The highest BCUT2D eigenvalue weighted by atomic mass is 16.5. The highest BCUT2D eigenvalue weighted by Gasteiger charge is 2.24. The van der Waals surface area contributed by atoms with Gasteiger partial charge < -0.3 is 10.1 Å². The highest BCUT2D eigenvalue weighted by molar-refractivity contribution is 5.81. The lowest BCUT2D eigenvalue weighted by Crippen LogP contribution is -2.36. The van der Waals surface area contributed by atoms with E-state index >= 15 is 0 Å². The third-order valence-electron chi connectivity index (χ3n) is 2.71. The van der Waals surface area contributed by atoms with Crippen LogP contribution in [0, 0.1) is 0 Å². The predicted octanol–water partition coefficient (Wildman–Crippen LogP) is 1.44. The van der Waals surface area contributed by atoms with Crippen LogP contribution in [-0.4, -0.2) is 23.6 Å². The summed E-state index contributed by atoms with van der Waals surface area (Å²) in [5.74, 6) is -0.0318. The summed E-state index contributed by atoms with van der Waals surface area (Å²) in [4.78, 5) is 16.0. The van der Waals surface area contributed by atoms with Gasteiger partial charge in [-0.1, -0.05) is 6.07 Å². The van der Waals surface area contributed by atoms with Crippen molar-refractivity contribution in [1.82, 2.24) is 10.3 Å². The Hall–Kier alpha value is -1.42. The molecule has 4 nitrogen and oxygen atoms in total. The molecule has 1 aliphatic heterocycles. The Kier molecular flexibility index (Phi) is 3.51. The van der Waals surface area contributed by atoms with Crippen molar-refractivity contribution in [1.29, 1.82) is 0 Å². The van der Waals surface area contributed by atoms with Crippen LogP contribution in [0.25, 0.3) is 0 Å². The number of amides is 1. The van der Waals surface area contributed by atoms with E-state index in [-0.39, 0.29) is 18.1 Å². The number of hydrogen-bond acceptors (Lipinski definition) is 3. The van der Waals surface area contributed by atoms with Crippen molar-refractivity contribution in [2.75, 3.05) is 6.61 Å². The molecule has 86 valence electrons. The van der Waals surface area contributed by atoms with Gasteiger partial charge in [-0.15, -0.1) is 0 Å². The third-order valence-corrected chi connectivity index (χ3v) is 2.71. The maximum Gasteiger partial charge on any atom is 0.249 e. The molecular formula is C12H16N2O2. The van der Waals surface area contributed by atoms with E-state index in [1.54, 1.807) is 6.20 Å². The van der Waals surface area contributed by atoms with Gasteiger partial charge in [0.15, 0.2) is 0 Å². The molecule has 0 aromatic carbocycles. The first kappa shape index (κ1) is 11.1. The summed E-state index contributed by atoms with van der Waals surface area (Å²) >= 11 is 0. The SMILES string of the molecule is CC(NC(=O)C1CCCO1)c1ccccn1. The monoisotopic (exact) mass is 220 g/mol. The molecule has 2 heterocycles. The minimum absolute atomic E-state index is 0.0318. The van der Waals surface area contributed by atoms with Crippen LogP contribution >= 0.6 is 0 Å². The first-order chi connectivity index (χ1) is 7.77. The first-order valence-electron chi connectivity index (χ1n) is 5.60. The Labute approximate surface area is 95.0 Å². The van der Waals surface area contributed by atoms with Crippen molar-refractivity contribution in [3.8, 4) is 0 Å². The van der Waals surface area contributed by atoms with Gasteiger partial charge in [-0.2, -0.15) is 0 Å². The standard InChI is InChI=1S/C12H16N2O2/c1-9(10-5-2-3-7-13-10)14-12(15)11-6-4-8-16-11/h2-3,5,7,9,11H,4,6,8H2,1H3,(H,14,15). The zero-order valence-corrected chi connectivity index (χ0v) is 9.35. The Bertz CT molecular complexity index is 347. The molecule has 1 aromatic rings. The van der Waals surface area contributed by atoms with Gasteiger partial charge in [0.05, 0.1) is 11.7 Å². The number of carbonyl (C=O) groups is 1. The number of ether oxygens (including phenoxy) is 1. The van der Waals surface area contributed by atoms with Crippen molar-refractivity contribution in [2.45, 2.75) is 31.9 Å². The molecule has 0 aliphatic carbocycles. The van der Waals surface area contributed by atoms with Gasteiger partial charge in [0.2, 0.25) is 5.91 Å². The van der Waals surface area contributed by atoms with E-state index < -0.39 is 0 Å². The van der Waals surface area contributed by atoms with E-state index in [1.807, 2.05) is 25.1 Å². The lowest BCUT2D eigenvalue weighted by Gasteiger charge is -2.16. The molecule has 1 amide bonds. The number of rotatable bonds is 3. The van der Waals surface area contributed by atoms with E-state index in [4.69, 9.17) is 4.74 Å². The number of hydrogen-bond donors (Lipinski definition) is 1. The molecule has 4 heteroatoms. The van der Waals surface area contributed by atoms with Crippen LogP contribution in [0.4, 0.5) is 0 Å². The molecule has 0 radical (unpaired) electrons. The summed E-state index contributed by atoms with van der Waals surface area (Å²) in [5.41, 5.74) is 0.869. The molecule has 16 heavy (non-hydrogen) atoms. The Morgan fingerprint density at radius 1 is 1.62 bits per heavy atom. The quantitative estimate of drug-likeness (QED) is 0.838. The summed E-state index contributed by atoms with van der Waals surface area (Å²) in [5, 5.41) is 2.91. The minimum Gasteiger partial charge on any atom is -0.368 e. The topological polar surface area (TPSA) is 51.2 Å². The van der Waals surface area contributed by atoms with Gasteiger partial charge in [-0.05, 0) is 31.9 Å². The molecule has 1 aromatic heterocycles. The summed E-state index contributed by atoms with van der Waals surface area (Å²) in [6.07, 6.45) is 3.24. The molecular weight excluding hydrogens is 204 g/mol. The second kappa shape index (κ2) is 5.07. The summed E-state index contributed by atoms with van der Waals surface area (Å²) in [6, 6.07) is 5.60. The Morgan fingerprint density at radius 3 is 3.12 bits per heavy atom. The Balaban J connectivity index is 1.92. The molecule has 1 saturated heterocycles. The van der Waals surface area contributed by atoms with Crippen molar-refractivity contribution < 1.29 is 9.53 Å². The van der Waals surface area contributed by atoms with Gasteiger partial charge in [0.25, 0.3) is 0 Å². The molecule has 2 unspecified atom stereocenters. The Morgan fingerprint density at radius 2 is 2.50 bits per heavy atom. The van der Waals surface area contributed by atoms with Gasteiger partial charge in [-0.25, -0.2) is 0 Å². The second-order valence-electron chi connectivity index (χ2n) is 3.99. The fraction of sp³-hybridized carbons (Fsp3) is 0.500. The maximum absolute atomic E-state index is 11.8. The van der Waals surface area contributed by atoms with E-state index in [2.05, 4.69) is 10.3 Å². The molecule has 1 aliphatic rings. The summed E-state index contributed by atoms with van der Waals surface area (Å²) in [6.45, 7) is 2.62. The number of carbonyl (C=O) groups excluding carboxylic acids is 1. The number of pyridine rings is 1. The lowest BCUT2D eigenvalue weighted by atomic mass is 10.2. The molecule has 1 N–H and O–H groups in total. The fourth-order valence-electron chi connectivity index (χ4n) is 1.80. The van der Waals surface area contributed by atoms with Crippen LogP contribution in [0.3, 0.4) is 0 Å². The van der Waals surface area contributed by atoms with Crippen LogP contribution in [-0.2, 0) is 9.53 Å². The normalized spacial score (nSPS) is 21.7. The van der Waals surface area contributed by atoms with Gasteiger partial charge in [0, 0.05) is 12.8 Å².